The summed E-state index contributed by atoms with van der Waals surface area (Å²) >= 11 is 1.51. The fourth-order valence-corrected chi connectivity index (χ4v) is 4.72. The lowest BCUT2D eigenvalue weighted by Crippen LogP contribution is -2.28. The van der Waals surface area contributed by atoms with Gasteiger partial charge in [-0.1, -0.05) is 75.0 Å². The van der Waals surface area contributed by atoms with E-state index in [1.165, 1.54) is 23.9 Å². The zero-order valence-electron chi connectivity index (χ0n) is 21.2. The van der Waals surface area contributed by atoms with Crippen LogP contribution in [0.1, 0.15) is 61.0 Å². The van der Waals surface area contributed by atoms with Crippen LogP contribution in [0.5, 0.6) is 0 Å². The minimum Gasteiger partial charge on any atom is -0.342 e. The van der Waals surface area contributed by atoms with Crippen molar-refractivity contribution in [1.82, 2.24) is 20.1 Å². The summed E-state index contributed by atoms with van der Waals surface area (Å²) in [6.07, 6.45) is 0. The third-order valence-corrected chi connectivity index (χ3v) is 6.94. The Balaban J connectivity index is 1.61. The molecule has 0 aliphatic rings. The number of nitrogens with one attached hydrogen (secondary N) is 1. The van der Waals surface area contributed by atoms with Crippen molar-refractivity contribution in [2.45, 2.75) is 50.1 Å². The van der Waals surface area contributed by atoms with E-state index in [1.54, 1.807) is 12.1 Å². The number of amides is 1. The Morgan fingerprint density at radius 3 is 2.24 bits per heavy atom. The van der Waals surface area contributed by atoms with Crippen LogP contribution < -0.4 is 5.32 Å². The highest BCUT2D eigenvalue weighted by Gasteiger charge is 2.22. The van der Waals surface area contributed by atoms with E-state index in [-0.39, 0.29) is 17.0 Å². The Labute approximate surface area is 220 Å². The van der Waals surface area contributed by atoms with E-state index in [9.17, 15) is 14.9 Å². The molecule has 0 radical (unpaired) electrons. The van der Waals surface area contributed by atoms with Crippen molar-refractivity contribution >= 4 is 23.4 Å². The van der Waals surface area contributed by atoms with Crippen molar-refractivity contribution in [2.24, 2.45) is 0 Å². The first-order chi connectivity index (χ1) is 17.6. The van der Waals surface area contributed by atoms with Gasteiger partial charge in [-0.3, -0.25) is 19.5 Å². The van der Waals surface area contributed by atoms with E-state index in [1.807, 2.05) is 66.1 Å². The van der Waals surface area contributed by atoms with Crippen molar-refractivity contribution in [1.29, 1.82) is 0 Å². The molecule has 4 rings (SSSR count). The minimum atomic E-state index is -0.469. The smallest absolute Gasteiger partial charge is 0.269 e. The first-order valence-corrected chi connectivity index (χ1v) is 12.9. The number of aromatic nitrogens is 3. The Kier molecular flexibility index (Phi) is 7.73. The number of non-ortho nitro benzene ring substituents is 1. The molecule has 0 saturated heterocycles. The van der Waals surface area contributed by atoms with Gasteiger partial charge in [-0.25, -0.2) is 0 Å². The summed E-state index contributed by atoms with van der Waals surface area (Å²) in [5.74, 6) is 0.987. The Morgan fingerprint density at radius 1 is 1.00 bits per heavy atom. The third kappa shape index (κ3) is 6.24. The van der Waals surface area contributed by atoms with Crippen LogP contribution in [0.15, 0.2) is 84.0 Å². The van der Waals surface area contributed by atoms with Gasteiger partial charge in [0.1, 0.15) is 0 Å². The molecular weight excluding hydrogens is 486 g/mol. The molecule has 0 bridgehead atoms. The lowest BCUT2D eigenvalue weighted by atomic mass is 9.86. The summed E-state index contributed by atoms with van der Waals surface area (Å²) in [5.41, 5.74) is 3.51. The summed E-state index contributed by atoms with van der Waals surface area (Å²) in [5, 5.41) is 23.6. The molecule has 4 aromatic rings. The summed E-state index contributed by atoms with van der Waals surface area (Å²) in [6, 6.07) is 23.3. The molecule has 0 saturated carbocycles. The number of carbonyl (C=O) groups excluding carboxylic acids is 1. The van der Waals surface area contributed by atoms with Crippen LogP contribution >= 0.6 is 11.8 Å². The highest BCUT2D eigenvalue weighted by Crippen LogP contribution is 2.29. The SMILES string of the molecule is CC(NC(=O)c1ccc(C(C)(C)C)cc1)c1nnc(SCc2ccccc2)n1-c1ccc([N+](=O)[O-])cc1. The molecular formula is C28H29N5O3S. The highest BCUT2D eigenvalue weighted by atomic mass is 32.2. The molecule has 0 fully saturated rings. The Morgan fingerprint density at radius 2 is 1.65 bits per heavy atom. The van der Waals surface area contributed by atoms with E-state index < -0.39 is 11.0 Å². The van der Waals surface area contributed by atoms with Crippen LogP contribution in [0, 0.1) is 10.1 Å². The van der Waals surface area contributed by atoms with Crippen molar-refractivity contribution in [3.63, 3.8) is 0 Å². The van der Waals surface area contributed by atoms with Gasteiger partial charge in [0.15, 0.2) is 11.0 Å². The van der Waals surface area contributed by atoms with Crippen LogP contribution in [0.3, 0.4) is 0 Å². The van der Waals surface area contributed by atoms with Gasteiger partial charge in [0.2, 0.25) is 0 Å². The fraction of sp³-hybridized carbons (Fsp3) is 0.250. The normalized spacial score (nSPS) is 12.2. The Bertz CT molecular complexity index is 1380. The van der Waals surface area contributed by atoms with E-state index in [0.717, 1.165) is 11.1 Å². The molecule has 1 amide bonds. The van der Waals surface area contributed by atoms with Gasteiger partial charge in [0.05, 0.1) is 11.0 Å². The molecule has 1 heterocycles. The molecule has 1 aromatic heterocycles. The average Bonchev–Trinajstić information content (AvgIpc) is 3.32. The molecule has 0 aliphatic carbocycles. The quantitative estimate of drug-likeness (QED) is 0.169. The molecule has 8 nitrogen and oxygen atoms in total. The Hall–Kier alpha value is -3.98. The monoisotopic (exact) mass is 515 g/mol. The molecule has 0 spiro atoms. The third-order valence-electron chi connectivity index (χ3n) is 5.94. The van der Waals surface area contributed by atoms with Crippen molar-refractivity contribution < 1.29 is 9.72 Å². The van der Waals surface area contributed by atoms with Crippen LogP contribution in [-0.2, 0) is 11.2 Å². The zero-order valence-corrected chi connectivity index (χ0v) is 22.0. The fourth-order valence-electron chi connectivity index (χ4n) is 3.81. The molecule has 190 valence electrons. The van der Waals surface area contributed by atoms with Crippen LogP contribution in [0.2, 0.25) is 0 Å². The standard InChI is InChI=1S/C28H29N5O3S/c1-19(29-26(34)21-10-12-22(13-11-21)28(2,3)4)25-30-31-27(37-18-20-8-6-5-7-9-20)32(25)23-14-16-24(17-15-23)33(35)36/h5-17,19H,18H2,1-4H3,(H,29,34). The van der Waals surface area contributed by atoms with E-state index >= 15 is 0 Å². The summed E-state index contributed by atoms with van der Waals surface area (Å²) in [4.78, 5) is 23.7. The maximum atomic E-state index is 13.0. The zero-order chi connectivity index (χ0) is 26.6. The second-order valence-corrected chi connectivity index (χ2v) is 10.7. The van der Waals surface area contributed by atoms with Gasteiger partial charge in [-0.15, -0.1) is 10.2 Å². The van der Waals surface area contributed by atoms with Crippen molar-refractivity contribution in [3.8, 4) is 5.69 Å². The minimum absolute atomic E-state index is 0.00269. The molecule has 1 unspecified atom stereocenters. The number of carbonyl (C=O) groups is 1. The molecule has 1 atom stereocenters. The molecule has 37 heavy (non-hydrogen) atoms. The van der Waals surface area contributed by atoms with E-state index in [4.69, 9.17) is 0 Å². The van der Waals surface area contributed by atoms with Gasteiger partial charge in [0.25, 0.3) is 11.6 Å². The molecule has 1 N–H and O–H groups in total. The topological polar surface area (TPSA) is 103 Å². The number of nitrogens with zero attached hydrogens (tertiary/aromatic N) is 4. The predicted molar refractivity (Wildman–Crippen MR) is 145 cm³/mol. The van der Waals surface area contributed by atoms with Gasteiger partial charge in [-0.05, 0) is 47.7 Å². The van der Waals surface area contributed by atoms with Crippen LogP contribution in [0.4, 0.5) is 5.69 Å². The van der Waals surface area contributed by atoms with Gasteiger partial charge < -0.3 is 5.32 Å². The largest absolute Gasteiger partial charge is 0.342 e. The number of hydrogen-bond donors (Lipinski definition) is 1. The molecule has 9 heteroatoms. The van der Waals surface area contributed by atoms with Gasteiger partial charge >= 0.3 is 0 Å². The van der Waals surface area contributed by atoms with Gasteiger partial charge in [0, 0.05) is 29.1 Å². The lowest BCUT2D eigenvalue weighted by molar-refractivity contribution is -0.384. The highest BCUT2D eigenvalue weighted by molar-refractivity contribution is 7.98. The number of nitro groups is 1. The number of rotatable bonds is 8. The summed E-state index contributed by atoms with van der Waals surface area (Å²) in [6.45, 7) is 8.23. The first kappa shape index (κ1) is 26.1. The first-order valence-electron chi connectivity index (χ1n) is 11.9. The van der Waals surface area contributed by atoms with Crippen LogP contribution in [-0.4, -0.2) is 25.6 Å². The maximum Gasteiger partial charge on any atom is 0.269 e. The number of benzene rings is 3. The number of nitro benzene ring substituents is 1. The molecule has 0 aliphatic heterocycles. The summed E-state index contributed by atoms with van der Waals surface area (Å²) in [7, 11) is 0. The van der Waals surface area contributed by atoms with Crippen molar-refractivity contribution in [2.75, 3.05) is 0 Å². The van der Waals surface area contributed by atoms with E-state index in [0.29, 0.717) is 28.0 Å². The van der Waals surface area contributed by atoms with Crippen LogP contribution in [0.25, 0.3) is 5.69 Å². The maximum absolute atomic E-state index is 13.0. The average molecular weight is 516 g/mol. The summed E-state index contributed by atoms with van der Waals surface area (Å²) < 4.78 is 1.84. The lowest BCUT2D eigenvalue weighted by Gasteiger charge is -2.19. The van der Waals surface area contributed by atoms with Crippen molar-refractivity contribution in [3.05, 3.63) is 111 Å². The number of thioether (sulfide) groups is 1. The van der Waals surface area contributed by atoms with Gasteiger partial charge in [-0.2, -0.15) is 0 Å². The second kappa shape index (κ2) is 11.0. The van der Waals surface area contributed by atoms with E-state index in [2.05, 4.69) is 36.3 Å². The predicted octanol–water partition coefficient (Wildman–Crippen LogP) is 6.26. The number of hydrogen-bond acceptors (Lipinski definition) is 6. The molecule has 3 aromatic carbocycles. The second-order valence-electron chi connectivity index (χ2n) is 9.75.